The van der Waals surface area contributed by atoms with Crippen LogP contribution in [0.3, 0.4) is 0 Å². The molecular weight excluding hydrogens is 601 g/mol. The molecule has 11 rings (SSSR count). The molecule has 0 radical (unpaired) electrons. The van der Waals surface area contributed by atoms with Gasteiger partial charge in [0.1, 0.15) is 0 Å². The van der Waals surface area contributed by atoms with E-state index < -0.39 is 0 Å². The van der Waals surface area contributed by atoms with Crippen LogP contribution in [0, 0.1) is 0 Å². The number of hydrogen-bond donors (Lipinski definition) is 0. The standard InChI is InChI=1S/C45H30N2S/c1-45(2)35-15-7-3-11-29(35)33-25-27(19-21-36(33)45)46-37-16-8-4-13-31(37)43-39(46)22-23-40-44(43)32-14-5-9-17-38(32)47(40)28-20-24-42-34(26-28)30-12-6-10-18-41(30)48-42/h3-26H,1-2H3. The maximum Gasteiger partial charge on any atom is 0.0548 e. The Kier molecular flexibility index (Phi) is 5.09. The van der Waals surface area contributed by atoms with Gasteiger partial charge in [-0.05, 0) is 82.9 Å². The van der Waals surface area contributed by atoms with Gasteiger partial charge in [0.2, 0.25) is 0 Å². The van der Waals surface area contributed by atoms with Crippen LogP contribution in [0.15, 0.2) is 146 Å². The van der Waals surface area contributed by atoms with Gasteiger partial charge in [-0.25, -0.2) is 0 Å². The SMILES string of the molecule is CC1(C)c2ccccc2-c2cc(-n3c4ccccc4c4c5c6ccccc6n(-c6ccc7sc8ccccc8c7c6)c5ccc43)ccc21. The van der Waals surface area contributed by atoms with E-state index in [0.29, 0.717) is 0 Å². The Balaban J connectivity index is 1.22. The Morgan fingerprint density at radius 3 is 1.69 bits per heavy atom. The number of benzene rings is 7. The molecule has 3 aromatic heterocycles. The first-order valence-corrected chi connectivity index (χ1v) is 17.5. The van der Waals surface area contributed by atoms with Crippen molar-refractivity contribution in [2.75, 3.05) is 0 Å². The van der Waals surface area contributed by atoms with Gasteiger partial charge in [-0.2, -0.15) is 0 Å². The van der Waals surface area contributed by atoms with Crippen LogP contribution in [0.4, 0.5) is 0 Å². The van der Waals surface area contributed by atoms with Crippen LogP contribution in [-0.4, -0.2) is 9.13 Å². The topological polar surface area (TPSA) is 9.86 Å². The molecule has 0 N–H and O–H groups in total. The molecule has 10 aromatic rings. The third-order valence-corrected chi connectivity index (χ3v) is 12.1. The van der Waals surface area contributed by atoms with Crippen molar-refractivity contribution < 1.29 is 0 Å². The molecule has 2 nitrogen and oxygen atoms in total. The first-order valence-electron chi connectivity index (χ1n) is 16.7. The fraction of sp³-hybridized carbons (Fsp3) is 0.0667. The molecule has 7 aromatic carbocycles. The zero-order chi connectivity index (χ0) is 31.7. The summed E-state index contributed by atoms with van der Waals surface area (Å²) in [4.78, 5) is 0. The van der Waals surface area contributed by atoms with E-state index in [-0.39, 0.29) is 5.41 Å². The summed E-state index contributed by atoms with van der Waals surface area (Å²) in [6, 6.07) is 54.3. The number of para-hydroxylation sites is 2. The maximum absolute atomic E-state index is 2.48. The predicted octanol–water partition coefficient (Wildman–Crippen LogP) is 12.6. The van der Waals surface area contributed by atoms with E-state index >= 15 is 0 Å². The minimum atomic E-state index is -0.0163. The van der Waals surface area contributed by atoms with Gasteiger partial charge in [0.15, 0.2) is 0 Å². The summed E-state index contributed by atoms with van der Waals surface area (Å²) in [5.41, 5.74) is 12.8. The maximum atomic E-state index is 2.48. The summed E-state index contributed by atoms with van der Waals surface area (Å²) >= 11 is 1.87. The predicted molar refractivity (Wildman–Crippen MR) is 206 cm³/mol. The Morgan fingerprint density at radius 1 is 0.417 bits per heavy atom. The first-order chi connectivity index (χ1) is 23.6. The molecule has 0 spiro atoms. The van der Waals surface area contributed by atoms with Gasteiger partial charge in [0.05, 0.1) is 22.1 Å². The number of nitrogens with zero attached hydrogens (tertiary/aromatic N) is 2. The average Bonchev–Trinajstić information content (AvgIpc) is 3.83. The largest absolute Gasteiger partial charge is 0.309 e. The van der Waals surface area contributed by atoms with Crippen molar-refractivity contribution in [3.05, 3.63) is 157 Å². The van der Waals surface area contributed by atoms with Crippen molar-refractivity contribution in [1.82, 2.24) is 9.13 Å². The normalized spacial score (nSPS) is 13.8. The molecule has 1 aliphatic carbocycles. The highest BCUT2D eigenvalue weighted by atomic mass is 32.1. The molecule has 0 aliphatic heterocycles. The lowest BCUT2D eigenvalue weighted by molar-refractivity contribution is 0.660. The molecular formula is C45H30N2S. The van der Waals surface area contributed by atoms with Gasteiger partial charge in [0, 0.05) is 58.5 Å². The average molecular weight is 631 g/mol. The highest BCUT2D eigenvalue weighted by Crippen LogP contribution is 2.50. The number of thiophene rings is 1. The summed E-state index contributed by atoms with van der Waals surface area (Å²) in [5, 5.41) is 7.81. The second-order valence-electron chi connectivity index (χ2n) is 13.7. The Morgan fingerprint density at radius 2 is 0.958 bits per heavy atom. The van der Waals surface area contributed by atoms with Crippen molar-refractivity contribution in [3.63, 3.8) is 0 Å². The minimum absolute atomic E-state index is 0.0163. The van der Waals surface area contributed by atoms with E-state index in [4.69, 9.17) is 0 Å². The molecule has 1 aliphatic rings. The number of rotatable bonds is 2. The van der Waals surface area contributed by atoms with Crippen LogP contribution < -0.4 is 0 Å². The van der Waals surface area contributed by atoms with Gasteiger partial charge >= 0.3 is 0 Å². The van der Waals surface area contributed by atoms with Crippen molar-refractivity contribution in [2.24, 2.45) is 0 Å². The molecule has 226 valence electrons. The van der Waals surface area contributed by atoms with E-state index in [1.54, 1.807) is 0 Å². The molecule has 3 heteroatoms. The van der Waals surface area contributed by atoms with Gasteiger partial charge in [-0.3, -0.25) is 0 Å². The zero-order valence-electron chi connectivity index (χ0n) is 26.7. The van der Waals surface area contributed by atoms with Crippen molar-refractivity contribution in [3.8, 4) is 22.5 Å². The lowest BCUT2D eigenvalue weighted by atomic mass is 9.82. The number of aromatic nitrogens is 2. The molecule has 0 fully saturated rings. The van der Waals surface area contributed by atoms with Crippen LogP contribution in [0.2, 0.25) is 0 Å². The van der Waals surface area contributed by atoms with Crippen LogP contribution in [0.5, 0.6) is 0 Å². The third-order valence-electron chi connectivity index (χ3n) is 10.9. The number of fused-ring (bicyclic) bond motifs is 13. The quantitative estimate of drug-likeness (QED) is 0.180. The Labute approximate surface area is 281 Å². The second-order valence-corrected chi connectivity index (χ2v) is 14.8. The molecule has 0 saturated carbocycles. The molecule has 3 heterocycles. The molecule has 0 unspecified atom stereocenters. The van der Waals surface area contributed by atoms with E-state index in [1.807, 2.05) is 11.3 Å². The smallest absolute Gasteiger partial charge is 0.0548 e. The van der Waals surface area contributed by atoms with Gasteiger partial charge < -0.3 is 9.13 Å². The van der Waals surface area contributed by atoms with E-state index in [9.17, 15) is 0 Å². The minimum Gasteiger partial charge on any atom is -0.309 e. The molecule has 0 amide bonds. The van der Waals surface area contributed by atoms with E-state index in [0.717, 1.165) is 0 Å². The van der Waals surface area contributed by atoms with Gasteiger partial charge in [-0.1, -0.05) is 98.8 Å². The summed E-state index contributed by atoms with van der Waals surface area (Å²) in [6.45, 7) is 4.70. The lowest BCUT2D eigenvalue weighted by Gasteiger charge is -2.21. The fourth-order valence-electron chi connectivity index (χ4n) is 8.77. The van der Waals surface area contributed by atoms with Crippen molar-refractivity contribution >= 4 is 75.1 Å². The fourth-order valence-corrected chi connectivity index (χ4v) is 9.86. The van der Waals surface area contributed by atoms with Crippen LogP contribution in [0.25, 0.3) is 86.3 Å². The van der Waals surface area contributed by atoms with Gasteiger partial charge in [0.25, 0.3) is 0 Å². The van der Waals surface area contributed by atoms with Crippen molar-refractivity contribution in [1.29, 1.82) is 0 Å². The van der Waals surface area contributed by atoms with Crippen molar-refractivity contribution in [2.45, 2.75) is 19.3 Å². The van der Waals surface area contributed by atoms with E-state index in [1.165, 1.54) is 97.4 Å². The van der Waals surface area contributed by atoms with Crippen LogP contribution >= 0.6 is 11.3 Å². The highest BCUT2D eigenvalue weighted by molar-refractivity contribution is 7.25. The zero-order valence-corrected chi connectivity index (χ0v) is 27.5. The monoisotopic (exact) mass is 630 g/mol. The summed E-state index contributed by atoms with van der Waals surface area (Å²) in [6.07, 6.45) is 0. The molecule has 48 heavy (non-hydrogen) atoms. The first kappa shape index (κ1) is 26.4. The lowest BCUT2D eigenvalue weighted by Crippen LogP contribution is -2.14. The van der Waals surface area contributed by atoms with E-state index in [2.05, 4.69) is 169 Å². The Hall–Kier alpha value is -5.64. The molecule has 0 bridgehead atoms. The third kappa shape index (κ3) is 3.31. The Bertz CT molecular complexity index is 2980. The second kappa shape index (κ2) is 9.25. The summed E-state index contributed by atoms with van der Waals surface area (Å²) < 4.78 is 7.61. The highest BCUT2D eigenvalue weighted by Gasteiger charge is 2.35. The summed E-state index contributed by atoms with van der Waals surface area (Å²) in [7, 11) is 0. The molecule has 0 atom stereocenters. The van der Waals surface area contributed by atoms with Gasteiger partial charge in [-0.15, -0.1) is 11.3 Å². The van der Waals surface area contributed by atoms with Crippen LogP contribution in [-0.2, 0) is 5.41 Å². The number of hydrogen-bond acceptors (Lipinski definition) is 1. The summed E-state index contributed by atoms with van der Waals surface area (Å²) in [5.74, 6) is 0. The molecule has 0 saturated heterocycles. The van der Waals surface area contributed by atoms with Crippen LogP contribution in [0.1, 0.15) is 25.0 Å².